The minimum absolute atomic E-state index is 0.0418. The fourth-order valence-electron chi connectivity index (χ4n) is 2.82. The molecule has 0 unspecified atom stereocenters. The Bertz CT molecular complexity index is 637. The van der Waals surface area contributed by atoms with Crippen LogP contribution in [-0.4, -0.2) is 46.2 Å². The van der Waals surface area contributed by atoms with Crippen molar-refractivity contribution in [2.24, 2.45) is 0 Å². The summed E-state index contributed by atoms with van der Waals surface area (Å²) in [6, 6.07) is 1.47. The van der Waals surface area contributed by atoms with Gasteiger partial charge >= 0.3 is 6.03 Å². The Balaban J connectivity index is 1.46. The minimum Gasteiger partial charge on any atom is -0.472 e. The molecule has 128 valence electrons. The van der Waals surface area contributed by atoms with Crippen molar-refractivity contribution >= 4 is 6.03 Å². The third kappa shape index (κ3) is 4.51. The molecular weight excluding hydrogens is 313 g/mol. The summed E-state index contributed by atoms with van der Waals surface area (Å²) in [5.74, 6) is 0. The largest absolute Gasteiger partial charge is 0.472 e. The molecule has 2 aromatic rings. The van der Waals surface area contributed by atoms with Crippen LogP contribution < -0.4 is 10.6 Å². The van der Waals surface area contributed by atoms with Crippen molar-refractivity contribution in [3.63, 3.8) is 0 Å². The molecule has 2 aromatic heterocycles. The van der Waals surface area contributed by atoms with Gasteiger partial charge in [-0.1, -0.05) is 0 Å². The average molecular weight is 333 g/mol. The highest BCUT2D eigenvalue weighted by molar-refractivity contribution is 5.73. The number of likely N-dealkylation sites (tertiary alicyclic amines) is 1. The molecule has 2 N–H and O–H groups in total. The first-order valence-corrected chi connectivity index (χ1v) is 7.85. The van der Waals surface area contributed by atoms with Crippen LogP contribution in [-0.2, 0) is 13.1 Å². The number of hydrogen-bond acceptors (Lipinski definition) is 5. The highest BCUT2D eigenvalue weighted by Crippen LogP contribution is 2.21. The second kappa shape index (κ2) is 7.87. The van der Waals surface area contributed by atoms with Crippen molar-refractivity contribution in [3.8, 4) is 0 Å². The molecule has 0 radical (unpaired) electrons. The van der Waals surface area contributed by atoms with Crippen molar-refractivity contribution in [3.05, 3.63) is 48.4 Å². The van der Waals surface area contributed by atoms with E-state index in [0.717, 1.165) is 11.1 Å². The minimum atomic E-state index is -0.879. The van der Waals surface area contributed by atoms with E-state index in [2.05, 4.69) is 20.6 Å². The van der Waals surface area contributed by atoms with E-state index in [9.17, 15) is 9.18 Å². The Labute approximate surface area is 139 Å². The Morgan fingerprint density at radius 2 is 2.17 bits per heavy atom. The molecule has 8 heteroatoms. The number of carbonyl (C=O) groups excluding carboxylic acids is 1. The first-order chi connectivity index (χ1) is 11.7. The molecule has 0 spiro atoms. The lowest BCUT2D eigenvalue weighted by Crippen LogP contribution is -2.43. The van der Waals surface area contributed by atoms with E-state index >= 15 is 0 Å². The van der Waals surface area contributed by atoms with Crippen LogP contribution in [0.1, 0.15) is 17.5 Å². The molecule has 2 amide bonds. The number of carbonyl (C=O) groups is 1. The van der Waals surface area contributed by atoms with Crippen LogP contribution in [0, 0.1) is 0 Å². The van der Waals surface area contributed by atoms with Gasteiger partial charge in [-0.15, -0.1) is 0 Å². The van der Waals surface area contributed by atoms with Crippen LogP contribution in [0.15, 0.2) is 41.7 Å². The zero-order chi connectivity index (χ0) is 16.8. The van der Waals surface area contributed by atoms with Crippen molar-refractivity contribution in [1.82, 2.24) is 25.5 Å². The summed E-state index contributed by atoms with van der Waals surface area (Å²) in [4.78, 5) is 21.8. The van der Waals surface area contributed by atoms with Crippen LogP contribution >= 0.6 is 0 Å². The molecule has 0 aliphatic carbocycles. The maximum absolute atomic E-state index is 13.8. The maximum atomic E-state index is 13.8. The van der Waals surface area contributed by atoms with Crippen LogP contribution in [0.5, 0.6) is 0 Å². The van der Waals surface area contributed by atoms with E-state index in [1.54, 1.807) is 31.0 Å². The van der Waals surface area contributed by atoms with E-state index in [1.807, 2.05) is 4.90 Å². The number of nitrogens with zero attached hydrogens (tertiary/aromatic N) is 3. The molecule has 24 heavy (non-hydrogen) atoms. The topological polar surface area (TPSA) is 83.3 Å². The van der Waals surface area contributed by atoms with Gasteiger partial charge in [-0.05, 0) is 12.5 Å². The van der Waals surface area contributed by atoms with Crippen molar-refractivity contribution in [1.29, 1.82) is 0 Å². The van der Waals surface area contributed by atoms with Crippen LogP contribution in [0.2, 0.25) is 0 Å². The van der Waals surface area contributed by atoms with Gasteiger partial charge in [0.15, 0.2) is 0 Å². The van der Waals surface area contributed by atoms with Gasteiger partial charge < -0.3 is 15.1 Å². The Hall–Kier alpha value is -2.48. The molecule has 3 heterocycles. The molecule has 0 bridgehead atoms. The van der Waals surface area contributed by atoms with Crippen LogP contribution in [0.4, 0.5) is 9.18 Å². The van der Waals surface area contributed by atoms with Gasteiger partial charge in [0.2, 0.25) is 0 Å². The molecule has 1 saturated heterocycles. The number of hydrogen-bond donors (Lipinski definition) is 2. The second-order valence-electron chi connectivity index (χ2n) is 5.86. The maximum Gasteiger partial charge on any atom is 0.315 e. The Morgan fingerprint density at radius 3 is 2.92 bits per heavy atom. The zero-order valence-corrected chi connectivity index (χ0v) is 13.2. The average Bonchev–Trinajstić information content (AvgIpc) is 3.22. The van der Waals surface area contributed by atoms with Gasteiger partial charge in [0, 0.05) is 55.7 Å². The molecule has 1 aliphatic rings. The van der Waals surface area contributed by atoms with Crippen molar-refractivity contribution in [2.75, 3.05) is 13.1 Å². The summed E-state index contributed by atoms with van der Waals surface area (Å²) in [5, 5.41) is 5.55. The molecule has 0 aromatic carbocycles. The standard InChI is InChI=1S/C16H20FN5O2/c17-14-3-15(22(9-14)8-13-4-18-11-19-5-13)7-21-16(23)20-6-12-1-2-24-10-12/h1-2,4-5,10-11,14-15H,3,6-9H2,(H2,20,21,23)/t14-,15-/m0/s1. The first kappa shape index (κ1) is 16.4. The Morgan fingerprint density at radius 1 is 1.33 bits per heavy atom. The number of urea groups is 1. The third-order valence-electron chi connectivity index (χ3n) is 4.01. The molecule has 1 fully saturated rings. The quantitative estimate of drug-likeness (QED) is 0.837. The number of amides is 2. The predicted octanol–water partition coefficient (Wildman–Crippen LogP) is 1.48. The summed E-state index contributed by atoms with van der Waals surface area (Å²) in [7, 11) is 0. The van der Waals surface area contributed by atoms with Gasteiger partial charge in [-0.2, -0.15) is 0 Å². The number of rotatable bonds is 6. The fourth-order valence-corrected chi connectivity index (χ4v) is 2.82. The highest BCUT2D eigenvalue weighted by Gasteiger charge is 2.32. The summed E-state index contributed by atoms with van der Waals surface area (Å²) >= 11 is 0. The predicted molar refractivity (Wildman–Crippen MR) is 84.7 cm³/mol. The van der Waals surface area contributed by atoms with E-state index in [4.69, 9.17) is 4.42 Å². The van der Waals surface area contributed by atoms with Gasteiger partial charge in [0.05, 0.1) is 12.5 Å². The van der Waals surface area contributed by atoms with Crippen molar-refractivity contribution in [2.45, 2.75) is 31.7 Å². The van der Waals surface area contributed by atoms with E-state index in [1.165, 1.54) is 6.33 Å². The number of aromatic nitrogens is 2. The summed E-state index contributed by atoms with van der Waals surface area (Å²) in [5.41, 5.74) is 1.82. The number of furan rings is 1. The van der Waals surface area contributed by atoms with Gasteiger partial charge in [-0.3, -0.25) is 4.90 Å². The van der Waals surface area contributed by atoms with E-state index in [0.29, 0.717) is 32.6 Å². The Kier molecular flexibility index (Phi) is 5.37. The zero-order valence-electron chi connectivity index (χ0n) is 13.2. The third-order valence-corrected chi connectivity index (χ3v) is 4.01. The van der Waals surface area contributed by atoms with E-state index < -0.39 is 6.17 Å². The summed E-state index contributed by atoms with van der Waals surface area (Å²) in [6.45, 7) is 1.72. The molecule has 1 aliphatic heterocycles. The second-order valence-corrected chi connectivity index (χ2v) is 5.86. The molecule has 2 atom stereocenters. The van der Waals surface area contributed by atoms with Gasteiger partial charge in [-0.25, -0.2) is 19.2 Å². The highest BCUT2D eigenvalue weighted by atomic mass is 19.1. The lowest BCUT2D eigenvalue weighted by molar-refractivity contribution is 0.218. The number of halogens is 1. The van der Waals surface area contributed by atoms with E-state index in [-0.39, 0.29) is 12.1 Å². The molecular formula is C16H20FN5O2. The normalized spacial score (nSPS) is 20.9. The SMILES string of the molecule is O=C(NCc1ccoc1)NC[C@@H]1C[C@H](F)CN1Cc1cncnc1. The number of nitrogens with one attached hydrogen (secondary N) is 2. The van der Waals surface area contributed by atoms with Crippen LogP contribution in [0.25, 0.3) is 0 Å². The number of alkyl halides is 1. The summed E-state index contributed by atoms with van der Waals surface area (Å²) in [6.07, 6.45) is 7.58. The fraction of sp³-hybridized carbons (Fsp3) is 0.438. The van der Waals surface area contributed by atoms with Crippen molar-refractivity contribution < 1.29 is 13.6 Å². The van der Waals surface area contributed by atoms with Crippen LogP contribution in [0.3, 0.4) is 0 Å². The molecule has 3 rings (SSSR count). The summed E-state index contributed by atoms with van der Waals surface area (Å²) < 4.78 is 18.7. The van der Waals surface area contributed by atoms with Gasteiger partial charge in [0.25, 0.3) is 0 Å². The van der Waals surface area contributed by atoms with Gasteiger partial charge in [0.1, 0.15) is 12.5 Å². The lowest BCUT2D eigenvalue weighted by atomic mass is 10.2. The smallest absolute Gasteiger partial charge is 0.315 e. The lowest BCUT2D eigenvalue weighted by Gasteiger charge is -2.24. The molecule has 0 saturated carbocycles. The first-order valence-electron chi connectivity index (χ1n) is 7.85. The molecule has 7 nitrogen and oxygen atoms in total. The monoisotopic (exact) mass is 333 g/mol.